The number of amides is 1. The van der Waals surface area contributed by atoms with Crippen LogP contribution in [0.1, 0.15) is 12.8 Å². The highest BCUT2D eigenvalue weighted by molar-refractivity contribution is 5.73. The number of hydrogen-bond donors (Lipinski definition) is 1. The average Bonchev–Trinajstić information content (AvgIpc) is 2.00. The minimum absolute atomic E-state index is 0.223. The van der Waals surface area contributed by atoms with E-state index in [4.69, 9.17) is 5.73 Å². The van der Waals surface area contributed by atoms with E-state index in [0.29, 0.717) is 6.42 Å². The van der Waals surface area contributed by atoms with E-state index in [-0.39, 0.29) is 5.91 Å². The molecule has 0 rings (SSSR count). The minimum Gasteiger partial charge on any atom is -0.370 e. The molecule has 0 aromatic carbocycles. The second-order valence-electron chi connectivity index (χ2n) is 3.68. The first kappa shape index (κ1) is 12.4. The number of nitrogens with zero attached hydrogens (tertiary/aromatic N) is 2. The van der Waals surface area contributed by atoms with Crippen LogP contribution in [0, 0.1) is 0 Å². The first-order chi connectivity index (χ1) is 6.02. The fraction of sp³-hybridized carbons (Fsp3) is 0.889. The second-order valence-corrected chi connectivity index (χ2v) is 3.68. The molecular weight excluding hydrogens is 166 g/mol. The lowest BCUT2D eigenvalue weighted by atomic mass is 10.3. The van der Waals surface area contributed by atoms with Gasteiger partial charge in [-0.3, -0.25) is 4.79 Å². The topological polar surface area (TPSA) is 49.6 Å². The molecule has 13 heavy (non-hydrogen) atoms. The van der Waals surface area contributed by atoms with Crippen molar-refractivity contribution in [2.45, 2.75) is 12.8 Å². The van der Waals surface area contributed by atoms with Crippen LogP contribution in [0.5, 0.6) is 0 Å². The van der Waals surface area contributed by atoms with Crippen molar-refractivity contribution in [2.75, 3.05) is 40.8 Å². The van der Waals surface area contributed by atoms with Gasteiger partial charge in [-0.2, -0.15) is 0 Å². The summed E-state index contributed by atoms with van der Waals surface area (Å²) in [5.74, 6) is -0.223. The highest BCUT2D eigenvalue weighted by atomic mass is 16.1. The summed E-state index contributed by atoms with van der Waals surface area (Å²) in [6, 6.07) is 0. The van der Waals surface area contributed by atoms with Crippen molar-refractivity contribution in [2.24, 2.45) is 5.73 Å². The fourth-order valence-corrected chi connectivity index (χ4v) is 1.07. The molecule has 2 N–H and O–H groups in total. The van der Waals surface area contributed by atoms with Gasteiger partial charge in [-0.05, 0) is 40.7 Å². The van der Waals surface area contributed by atoms with Crippen LogP contribution in [0.25, 0.3) is 0 Å². The van der Waals surface area contributed by atoms with Crippen molar-refractivity contribution >= 4 is 5.91 Å². The van der Waals surface area contributed by atoms with Gasteiger partial charge in [0.05, 0.1) is 0 Å². The Morgan fingerprint density at radius 3 is 2.23 bits per heavy atom. The molecule has 0 saturated carbocycles. The molecule has 0 radical (unpaired) electrons. The van der Waals surface area contributed by atoms with Crippen LogP contribution in [-0.2, 0) is 4.79 Å². The van der Waals surface area contributed by atoms with Gasteiger partial charge >= 0.3 is 0 Å². The highest BCUT2D eigenvalue weighted by Gasteiger charge is 2.00. The van der Waals surface area contributed by atoms with Crippen molar-refractivity contribution in [3.63, 3.8) is 0 Å². The van der Waals surface area contributed by atoms with Gasteiger partial charge in [0, 0.05) is 13.0 Å². The van der Waals surface area contributed by atoms with Gasteiger partial charge in [-0.1, -0.05) is 0 Å². The summed E-state index contributed by atoms with van der Waals surface area (Å²) in [6.45, 7) is 2.87. The third-order valence-electron chi connectivity index (χ3n) is 1.89. The van der Waals surface area contributed by atoms with Gasteiger partial charge < -0.3 is 15.5 Å². The molecule has 1 amide bonds. The minimum atomic E-state index is -0.223. The van der Waals surface area contributed by atoms with E-state index in [1.54, 1.807) is 0 Å². The number of rotatable bonds is 7. The number of hydrogen-bond acceptors (Lipinski definition) is 3. The van der Waals surface area contributed by atoms with Crippen LogP contribution in [0.3, 0.4) is 0 Å². The van der Waals surface area contributed by atoms with Crippen molar-refractivity contribution in [3.05, 3.63) is 0 Å². The van der Waals surface area contributed by atoms with Crippen LogP contribution in [0.4, 0.5) is 0 Å². The van der Waals surface area contributed by atoms with E-state index in [0.717, 1.165) is 26.1 Å². The zero-order valence-corrected chi connectivity index (χ0v) is 8.92. The van der Waals surface area contributed by atoms with Crippen molar-refractivity contribution in [1.29, 1.82) is 0 Å². The lowest BCUT2D eigenvalue weighted by molar-refractivity contribution is -0.118. The zero-order chi connectivity index (χ0) is 10.3. The normalized spacial score (nSPS) is 11.2. The number of carbonyl (C=O) groups is 1. The maximum atomic E-state index is 10.5. The summed E-state index contributed by atoms with van der Waals surface area (Å²) in [4.78, 5) is 14.8. The van der Waals surface area contributed by atoms with Gasteiger partial charge in [0.15, 0.2) is 0 Å². The Morgan fingerprint density at radius 1 is 1.15 bits per heavy atom. The van der Waals surface area contributed by atoms with Crippen LogP contribution >= 0.6 is 0 Å². The molecule has 0 aliphatic rings. The molecule has 0 atom stereocenters. The lowest BCUT2D eigenvalue weighted by Crippen LogP contribution is -2.27. The van der Waals surface area contributed by atoms with Gasteiger partial charge in [0.1, 0.15) is 0 Å². The molecule has 0 aliphatic heterocycles. The molecule has 78 valence electrons. The Kier molecular flexibility index (Phi) is 6.54. The van der Waals surface area contributed by atoms with Crippen LogP contribution < -0.4 is 5.73 Å². The van der Waals surface area contributed by atoms with Crippen LogP contribution in [-0.4, -0.2) is 56.5 Å². The van der Waals surface area contributed by atoms with Crippen molar-refractivity contribution in [3.8, 4) is 0 Å². The van der Waals surface area contributed by atoms with Crippen LogP contribution in [0.2, 0.25) is 0 Å². The van der Waals surface area contributed by atoms with Gasteiger partial charge in [0.25, 0.3) is 0 Å². The highest BCUT2D eigenvalue weighted by Crippen LogP contribution is 1.91. The monoisotopic (exact) mass is 187 g/mol. The average molecular weight is 187 g/mol. The fourth-order valence-electron chi connectivity index (χ4n) is 1.07. The Hall–Kier alpha value is -0.610. The summed E-state index contributed by atoms with van der Waals surface area (Å²) in [7, 11) is 6.13. The SMILES string of the molecule is CN(C)CCCN(C)CCC(N)=O. The summed E-state index contributed by atoms with van der Waals surface area (Å²) >= 11 is 0. The molecule has 4 nitrogen and oxygen atoms in total. The van der Waals surface area contributed by atoms with Gasteiger partial charge in [-0.15, -0.1) is 0 Å². The standard InChI is InChI=1S/C9H21N3O/c1-11(2)6-4-7-12(3)8-5-9(10)13/h4-8H2,1-3H3,(H2,10,13). The van der Waals surface area contributed by atoms with Crippen LogP contribution in [0.15, 0.2) is 0 Å². The smallest absolute Gasteiger partial charge is 0.218 e. The Morgan fingerprint density at radius 2 is 1.77 bits per heavy atom. The second kappa shape index (κ2) is 6.86. The summed E-state index contributed by atoms with van der Waals surface area (Å²) in [6.07, 6.45) is 1.58. The Labute approximate surface area is 80.7 Å². The predicted molar refractivity (Wildman–Crippen MR) is 54.5 cm³/mol. The largest absolute Gasteiger partial charge is 0.370 e. The van der Waals surface area contributed by atoms with E-state index in [1.807, 2.05) is 7.05 Å². The van der Waals surface area contributed by atoms with Gasteiger partial charge in [-0.25, -0.2) is 0 Å². The zero-order valence-electron chi connectivity index (χ0n) is 8.92. The molecule has 4 heteroatoms. The van der Waals surface area contributed by atoms with Crippen molar-refractivity contribution < 1.29 is 4.79 Å². The molecule has 0 aromatic rings. The van der Waals surface area contributed by atoms with E-state index in [9.17, 15) is 4.79 Å². The molecular formula is C9H21N3O. The van der Waals surface area contributed by atoms with Gasteiger partial charge in [0.2, 0.25) is 5.91 Å². The first-order valence-electron chi connectivity index (χ1n) is 4.64. The summed E-state index contributed by atoms with van der Waals surface area (Å²) in [5.41, 5.74) is 5.04. The van der Waals surface area contributed by atoms with E-state index in [1.165, 1.54) is 0 Å². The molecule has 0 bridgehead atoms. The maximum Gasteiger partial charge on any atom is 0.218 e. The maximum absolute atomic E-state index is 10.5. The molecule has 0 saturated heterocycles. The third-order valence-corrected chi connectivity index (χ3v) is 1.89. The Balaban J connectivity index is 3.30. The number of primary amides is 1. The quantitative estimate of drug-likeness (QED) is 0.597. The number of nitrogens with two attached hydrogens (primary N) is 1. The van der Waals surface area contributed by atoms with E-state index in [2.05, 4.69) is 23.9 Å². The van der Waals surface area contributed by atoms with E-state index < -0.39 is 0 Å². The Bertz CT molecular complexity index is 148. The third kappa shape index (κ3) is 9.30. The predicted octanol–water partition coefficient (Wildman–Crippen LogP) is -0.255. The summed E-state index contributed by atoms with van der Waals surface area (Å²) in [5, 5.41) is 0. The van der Waals surface area contributed by atoms with E-state index >= 15 is 0 Å². The lowest BCUT2D eigenvalue weighted by Gasteiger charge is -2.17. The first-order valence-corrected chi connectivity index (χ1v) is 4.64. The molecule has 0 heterocycles. The summed E-state index contributed by atoms with van der Waals surface area (Å²) < 4.78 is 0. The molecule has 0 unspecified atom stereocenters. The molecule has 0 fully saturated rings. The molecule has 0 aliphatic carbocycles. The molecule has 0 aromatic heterocycles. The molecule has 0 spiro atoms. The number of carbonyl (C=O) groups excluding carboxylic acids is 1. The van der Waals surface area contributed by atoms with Crippen molar-refractivity contribution in [1.82, 2.24) is 9.80 Å².